The number of benzene rings is 1. The quantitative estimate of drug-likeness (QED) is 0.787. The molecule has 2 rings (SSSR count). The van der Waals surface area contributed by atoms with Crippen LogP contribution in [0.1, 0.15) is 41.7 Å². The summed E-state index contributed by atoms with van der Waals surface area (Å²) in [5.74, 6) is 0.743. The van der Waals surface area contributed by atoms with Gasteiger partial charge in [0.2, 0.25) is 5.78 Å². The molecule has 0 radical (unpaired) electrons. The highest BCUT2D eigenvalue weighted by atomic mass is 32.1. The number of ketones is 1. The largest absolute Gasteiger partial charge is 0.491 e. The molecule has 0 amide bonds. The van der Waals surface area contributed by atoms with Gasteiger partial charge in [0.25, 0.3) is 0 Å². The van der Waals surface area contributed by atoms with Gasteiger partial charge in [-0.05, 0) is 56.1 Å². The van der Waals surface area contributed by atoms with Crippen molar-refractivity contribution in [1.82, 2.24) is 9.59 Å². The molecule has 0 aliphatic rings. The molecule has 0 aliphatic heterocycles. The molecule has 1 aromatic heterocycles. The van der Waals surface area contributed by atoms with E-state index < -0.39 is 0 Å². The Kier molecular flexibility index (Phi) is 4.27. The molecule has 0 fully saturated rings. The van der Waals surface area contributed by atoms with E-state index in [9.17, 15) is 4.79 Å². The van der Waals surface area contributed by atoms with E-state index in [4.69, 9.17) is 4.74 Å². The maximum atomic E-state index is 12.3. The standard InChI is InChI=1S/C14H16N2O2S/c1-4-12-14(19-16-15-12)13(17)10-5-7-11(8-6-10)18-9(2)3/h5-9H,4H2,1-3H3. The fourth-order valence-electron chi connectivity index (χ4n) is 1.70. The van der Waals surface area contributed by atoms with Crippen molar-refractivity contribution in [2.75, 3.05) is 0 Å². The second-order valence-corrected chi connectivity index (χ2v) is 5.18. The number of nitrogens with zero attached hydrogens (tertiary/aromatic N) is 2. The Hall–Kier alpha value is -1.75. The molecule has 0 saturated carbocycles. The molecular formula is C14H16N2O2S. The number of carbonyl (C=O) groups excluding carboxylic acids is 1. The molecule has 0 unspecified atom stereocenters. The summed E-state index contributed by atoms with van der Waals surface area (Å²) in [7, 11) is 0. The number of rotatable bonds is 5. The smallest absolute Gasteiger partial charge is 0.206 e. The van der Waals surface area contributed by atoms with Crippen molar-refractivity contribution in [3.8, 4) is 5.75 Å². The highest BCUT2D eigenvalue weighted by Crippen LogP contribution is 2.20. The first-order valence-corrected chi connectivity index (χ1v) is 7.01. The Morgan fingerprint density at radius 3 is 2.58 bits per heavy atom. The van der Waals surface area contributed by atoms with Crippen LogP contribution >= 0.6 is 11.5 Å². The first-order chi connectivity index (χ1) is 9.11. The molecule has 19 heavy (non-hydrogen) atoms. The van der Waals surface area contributed by atoms with Crippen molar-refractivity contribution in [2.45, 2.75) is 33.3 Å². The minimum atomic E-state index is -0.0250. The lowest BCUT2D eigenvalue weighted by Gasteiger charge is -2.09. The average molecular weight is 276 g/mol. The zero-order valence-corrected chi connectivity index (χ0v) is 12.0. The number of carbonyl (C=O) groups is 1. The van der Waals surface area contributed by atoms with Crippen LogP contribution in [0.4, 0.5) is 0 Å². The molecule has 0 spiro atoms. The summed E-state index contributed by atoms with van der Waals surface area (Å²) in [6.07, 6.45) is 0.838. The van der Waals surface area contributed by atoms with Gasteiger partial charge in [0, 0.05) is 5.56 Å². The van der Waals surface area contributed by atoms with Gasteiger partial charge in [-0.25, -0.2) is 0 Å². The first-order valence-electron chi connectivity index (χ1n) is 6.24. The van der Waals surface area contributed by atoms with Crippen molar-refractivity contribution in [3.63, 3.8) is 0 Å². The van der Waals surface area contributed by atoms with Crippen LogP contribution in [0.5, 0.6) is 5.75 Å². The highest BCUT2D eigenvalue weighted by Gasteiger charge is 2.16. The summed E-state index contributed by atoms with van der Waals surface area (Å²) in [5, 5.41) is 3.96. The Morgan fingerprint density at radius 2 is 2.00 bits per heavy atom. The SMILES string of the molecule is CCc1nnsc1C(=O)c1ccc(OC(C)C)cc1. The van der Waals surface area contributed by atoms with E-state index in [-0.39, 0.29) is 11.9 Å². The maximum Gasteiger partial charge on any atom is 0.206 e. The topological polar surface area (TPSA) is 52.1 Å². The van der Waals surface area contributed by atoms with E-state index in [2.05, 4.69) is 9.59 Å². The Balaban J connectivity index is 2.20. The average Bonchev–Trinajstić information content (AvgIpc) is 2.86. The van der Waals surface area contributed by atoms with E-state index in [0.717, 1.165) is 23.0 Å². The van der Waals surface area contributed by atoms with E-state index in [1.165, 1.54) is 0 Å². The molecule has 2 aromatic rings. The van der Waals surface area contributed by atoms with Crippen LogP contribution in [0.25, 0.3) is 0 Å². The number of hydrogen-bond donors (Lipinski definition) is 0. The normalized spacial score (nSPS) is 10.7. The van der Waals surface area contributed by atoms with Gasteiger partial charge in [-0.1, -0.05) is 11.4 Å². The van der Waals surface area contributed by atoms with Crippen molar-refractivity contribution in [1.29, 1.82) is 0 Å². The van der Waals surface area contributed by atoms with Gasteiger partial charge in [0.15, 0.2) is 0 Å². The third-order valence-corrected chi connectivity index (χ3v) is 3.35. The van der Waals surface area contributed by atoms with Gasteiger partial charge in [0.05, 0.1) is 11.8 Å². The van der Waals surface area contributed by atoms with Gasteiger partial charge in [0.1, 0.15) is 10.6 Å². The van der Waals surface area contributed by atoms with Crippen LogP contribution in [0.3, 0.4) is 0 Å². The minimum Gasteiger partial charge on any atom is -0.491 e. The molecule has 0 N–H and O–H groups in total. The molecule has 5 heteroatoms. The predicted octanol–water partition coefficient (Wildman–Crippen LogP) is 3.12. The molecule has 4 nitrogen and oxygen atoms in total. The lowest BCUT2D eigenvalue weighted by molar-refractivity contribution is 0.104. The molecule has 1 heterocycles. The number of aromatic nitrogens is 2. The lowest BCUT2D eigenvalue weighted by atomic mass is 10.1. The molecule has 0 saturated heterocycles. The third-order valence-electron chi connectivity index (χ3n) is 2.59. The van der Waals surface area contributed by atoms with Crippen LogP contribution in [-0.2, 0) is 6.42 Å². The third kappa shape index (κ3) is 3.17. The van der Waals surface area contributed by atoms with Gasteiger partial charge in [-0.3, -0.25) is 4.79 Å². The zero-order valence-electron chi connectivity index (χ0n) is 11.2. The van der Waals surface area contributed by atoms with Crippen LogP contribution < -0.4 is 4.74 Å². The summed E-state index contributed by atoms with van der Waals surface area (Å²) in [6, 6.07) is 7.18. The van der Waals surface area contributed by atoms with Crippen molar-refractivity contribution < 1.29 is 9.53 Å². The van der Waals surface area contributed by atoms with Crippen LogP contribution in [0.2, 0.25) is 0 Å². The van der Waals surface area contributed by atoms with E-state index in [0.29, 0.717) is 16.9 Å². The first kappa shape index (κ1) is 13.7. The summed E-state index contributed by atoms with van der Waals surface area (Å²) >= 11 is 1.15. The lowest BCUT2D eigenvalue weighted by Crippen LogP contribution is -2.06. The van der Waals surface area contributed by atoms with Gasteiger partial charge < -0.3 is 4.74 Å². The summed E-state index contributed by atoms with van der Waals surface area (Å²) in [6.45, 7) is 5.90. The van der Waals surface area contributed by atoms with Gasteiger partial charge in [-0.2, -0.15) is 0 Å². The summed E-state index contributed by atoms with van der Waals surface area (Å²) < 4.78 is 9.39. The molecule has 0 aliphatic carbocycles. The van der Waals surface area contributed by atoms with Gasteiger partial charge >= 0.3 is 0 Å². The molecule has 1 aromatic carbocycles. The second kappa shape index (κ2) is 5.93. The molecule has 0 atom stereocenters. The fraction of sp³-hybridized carbons (Fsp3) is 0.357. The zero-order chi connectivity index (χ0) is 13.8. The predicted molar refractivity (Wildman–Crippen MR) is 74.9 cm³/mol. The Labute approximate surface area is 116 Å². The molecule has 100 valence electrons. The monoisotopic (exact) mass is 276 g/mol. The van der Waals surface area contributed by atoms with Crippen molar-refractivity contribution in [3.05, 3.63) is 40.4 Å². The Bertz CT molecular complexity index is 561. The van der Waals surface area contributed by atoms with Gasteiger partial charge in [-0.15, -0.1) is 5.10 Å². The Morgan fingerprint density at radius 1 is 1.32 bits per heavy atom. The highest BCUT2D eigenvalue weighted by molar-refractivity contribution is 7.08. The van der Waals surface area contributed by atoms with Crippen LogP contribution in [-0.4, -0.2) is 21.5 Å². The number of ether oxygens (including phenoxy) is 1. The van der Waals surface area contributed by atoms with Crippen molar-refractivity contribution >= 4 is 17.3 Å². The minimum absolute atomic E-state index is 0.0250. The molecular weight excluding hydrogens is 260 g/mol. The maximum absolute atomic E-state index is 12.3. The van der Waals surface area contributed by atoms with E-state index in [1.807, 2.05) is 32.9 Å². The summed E-state index contributed by atoms with van der Waals surface area (Å²) in [4.78, 5) is 12.9. The van der Waals surface area contributed by atoms with E-state index in [1.54, 1.807) is 12.1 Å². The van der Waals surface area contributed by atoms with Crippen LogP contribution in [0, 0.1) is 0 Å². The van der Waals surface area contributed by atoms with E-state index >= 15 is 0 Å². The summed E-state index contributed by atoms with van der Waals surface area (Å²) in [5.41, 5.74) is 1.40. The fourth-order valence-corrected chi connectivity index (χ4v) is 2.41. The van der Waals surface area contributed by atoms with Crippen molar-refractivity contribution in [2.24, 2.45) is 0 Å². The molecule has 0 bridgehead atoms. The number of aryl methyl sites for hydroxylation is 1. The van der Waals surface area contributed by atoms with Crippen LogP contribution in [0.15, 0.2) is 24.3 Å². The second-order valence-electron chi connectivity index (χ2n) is 4.42. The number of hydrogen-bond acceptors (Lipinski definition) is 5.